The van der Waals surface area contributed by atoms with Crippen LogP contribution in [0.4, 0.5) is 0 Å². The number of hydrogen-bond donors (Lipinski definition) is 3. The van der Waals surface area contributed by atoms with Gasteiger partial charge in [0.05, 0.1) is 6.61 Å². The summed E-state index contributed by atoms with van der Waals surface area (Å²) in [5, 5.41) is 27.3. The van der Waals surface area contributed by atoms with E-state index in [1.807, 2.05) is 0 Å². The fraction of sp³-hybridized carbons (Fsp3) is 0.947. The molecule has 0 spiro atoms. The van der Waals surface area contributed by atoms with E-state index in [0.717, 1.165) is 19.3 Å². The van der Waals surface area contributed by atoms with Gasteiger partial charge in [-0.05, 0) is 6.42 Å². The van der Waals surface area contributed by atoms with E-state index in [1.165, 1.54) is 64.2 Å². The molecule has 0 aromatic carbocycles. The topological polar surface area (TPSA) is 77.8 Å². The molecule has 2 atom stereocenters. The minimum atomic E-state index is -1.43. The maximum atomic E-state index is 11.5. The van der Waals surface area contributed by atoms with Crippen molar-refractivity contribution in [1.82, 2.24) is 0 Å². The average molecular weight is 331 g/mol. The standard InChI is InChI=1S/C19H38O4/c1-2-3-4-5-6-7-8-9-10-11-12-13-14-15-17(21)19(23)18(22)16-20/h18-20,22-23H,2-16H2,1H3/t18-,19-/m1/s1. The van der Waals surface area contributed by atoms with Gasteiger partial charge in [0.2, 0.25) is 0 Å². The summed E-state index contributed by atoms with van der Waals surface area (Å²) in [4.78, 5) is 11.5. The van der Waals surface area contributed by atoms with Crippen LogP contribution >= 0.6 is 0 Å². The quantitative estimate of drug-likeness (QED) is 0.355. The van der Waals surface area contributed by atoms with E-state index in [0.29, 0.717) is 0 Å². The third-order valence-electron chi connectivity index (χ3n) is 4.41. The van der Waals surface area contributed by atoms with E-state index in [9.17, 15) is 15.0 Å². The zero-order valence-corrected chi connectivity index (χ0v) is 15.0. The first-order valence-corrected chi connectivity index (χ1v) is 9.63. The fourth-order valence-corrected chi connectivity index (χ4v) is 2.78. The molecule has 0 heterocycles. The van der Waals surface area contributed by atoms with Gasteiger partial charge < -0.3 is 15.3 Å². The number of Topliss-reactive ketones (excluding diaryl/α,β-unsaturated/α-hetero) is 1. The normalized spacial score (nSPS) is 13.9. The molecule has 3 N–H and O–H groups in total. The summed E-state index contributed by atoms with van der Waals surface area (Å²) in [6, 6.07) is 0. The van der Waals surface area contributed by atoms with Gasteiger partial charge in [-0.1, -0.05) is 84.0 Å². The van der Waals surface area contributed by atoms with E-state index in [2.05, 4.69) is 6.92 Å². The van der Waals surface area contributed by atoms with Gasteiger partial charge in [-0.25, -0.2) is 0 Å². The van der Waals surface area contributed by atoms with Crippen LogP contribution in [0.15, 0.2) is 0 Å². The van der Waals surface area contributed by atoms with Crippen LogP contribution in [0.3, 0.4) is 0 Å². The molecule has 0 unspecified atom stereocenters. The van der Waals surface area contributed by atoms with Crippen LogP contribution < -0.4 is 0 Å². The number of hydrogen-bond acceptors (Lipinski definition) is 4. The maximum Gasteiger partial charge on any atom is 0.164 e. The van der Waals surface area contributed by atoms with Crippen LogP contribution in [0, 0.1) is 0 Å². The predicted molar refractivity (Wildman–Crippen MR) is 94.4 cm³/mol. The van der Waals surface area contributed by atoms with Crippen molar-refractivity contribution < 1.29 is 20.1 Å². The molecule has 0 saturated carbocycles. The van der Waals surface area contributed by atoms with Crippen molar-refractivity contribution >= 4 is 5.78 Å². The largest absolute Gasteiger partial charge is 0.394 e. The molecule has 0 aliphatic carbocycles. The van der Waals surface area contributed by atoms with Gasteiger partial charge in [0.15, 0.2) is 5.78 Å². The number of carbonyl (C=O) groups is 1. The van der Waals surface area contributed by atoms with Crippen LogP contribution in [-0.4, -0.2) is 39.9 Å². The van der Waals surface area contributed by atoms with Gasteiger partial charge >= 0.3 is 0 Å². The lowest BCUT2D eigenvalue weighted by atomic mass is 10.0. The first-order chi connectivity index (χ1) is 11.1. The fourth-order valence-electron chi connectivity index (χ4n) is 2.78. The summed E-state index contributed by atoms with van der Waals surface area (Å²) < 4.78 is 0. The number of rotatable bonds is 17. The third kappa shape index (κ3) is 13.7. The van der Waals surface area contributed by atoms with Gasteiger partial charge in [-0.15, -0.1) is 0 Å². The first kappa shape index (κ1) is 22.6. The average Bonchev–Trinajstić information content (AvgIpc) is 2.57. The molecule has 0 bridgehead atoms. The molecule has 0 radical (unpaired) electrons. The Labute approximate surface area is 142 Å². The van der Waals surface area contributed by atoms with Crippen LogP contribution in [0.1, 0.15) is 96.8 Å². The summed E-state index contributed by atoms with van der Waals surface area (Å²) in [5.74, 6) is -0.366. The Morgan fingerprint density at radius 1 is 0.739 bits per heavy atom. The minimum Gasteiger partial charge on any atom is -0.394 e. The van der Waals surface area contributed by atoms with Crippen molar-refractivity contribution in [2.24, 2.45) is 0 Å². The Bertz CT molecular complexity index is 268. The second kappa shape index (κ2) is 16.4. The molecule has 0 aromatic heterocycles. The Morgan fingerprint density at radius 3 is 1.52 bits per heavy atom. The van der Waals surface area contributed by atoms with Crippen LogP contribution in [0.2, 0.25) is 0 Å². The number of carbonyl (C=O) groups excluding carboxylic acids is 1. The van der Waals surface area contributed by atoms with E-state index in [-0.39, 0.29) is 12.2 Å². The lowest BCUT2D eigenvalue weighted by Crippen LogP contribution is -2.36. The molecular weight excluding hydrogens is 292 g/mol. The number of aliphatic hydroxyl groups is 3. The highest BCUT2D eigenvalue weighted by atomic mass is 16.4. The lowest BCUT2D eigenvalue weighted by molar-refractivity contribution is -0.134. The SMILES string of the molecule is CCCCCCCCCCCCCCCC(=O)[C@@H](O)[C@H](O)CO. The Hall–Kier alpha value is -0.450. The van der Waals surface area contributed by atoms with E-state index in [1.54, 1.807) is 0 Å². The minimum absolute atomic E-state index is 0.288. The maximum absolute atomic E-state index is 11.5. The molecule has 23 heavy (non-hydrogen) atoms. The van der Waals surface area contributed by atoms with Crippen molar-refractivity contribution in [3.63, 3.8) is 0 Å². The number of ketones is 1. The lowest BCUT2D eigenvalue weighted by Gasteiger charge is -2.13. The predicted octanol–water partition coefficient (Wildman–Crippen LogP) is 3.75. The van der Waals surface area contributed by atoms with Crippen LogP contribution in [-0.2, 0) is 4.79 Å². The molecule has 4 nitrogen and oxygen atoms in total. The Kier molecular flexibility index (Phi) is 16.1. The van der Waals surface area contributed by atoms with Gasteiger partial charge in [0.25, 0.3) is 0 Å². The highest BCUT2D eigenvalue weighted by Crippen LogP contribution is 2.13. The zero-order chi connectivity index (χ0) is 17.3. The molecule has 4 heteroatoms. The summed E-state index contributed by atoms with van der Waals surface area (Å²) in [7, 11) is 0. The number of unbranched alkanes of at least 4 members (excludes halogenated alkanes) is 12. The number of aliphatic hydroxyl groups excluding tert-OH is 3. The molecule has 0 aliphatic heterocycles. The second-order valence-corrected chi connectivity index (χ2v) is 6.65. The molecular formula is C19H38O4. The molecule has 0 amide bonds. The van der Waals surface area contributed by atoms with E-state index >= 15 is 0 Å². The Morgan fingerprint density at radius 2 is 1.13 bits per heavy atom. The van der Waals surface area contributed by atoms with Crippen molar-refractivity contribution in [1.29, 1.82) is 0 Å². The summed E-state index contributed by atoms with van der Waals surface area (Å²) in [6.45, 7) is 1.67. The molecule has 0 aliphatic rings. The van der Waals surface area contributed by atoms with Gasteiger partial charge in [0, 0.05) is 6.42 Å². The van der Waals surface area contributed by atoms with Gasteiger partial charge in [-0.3, -0.25) is 4.79 Å². The smallest absolute Gasteiger partial charge is 0.164 e. The van der Waals surface area contributed by atoms with Crippen molar-refractivity contribution in [2.75, 3.05) is 6.61 Å². The second-order valence-electron chi connectivity index (χ2n) is 6.65. The molecule has 0 saturated heterocycles. The molecule has 0 fully saturated rings. The van der Waals surface area contributed by atoms with Crippen LogP contribution in [0.5, 0.6) is 0 Å². The molecule has 138 valence electrons. The summed E-state index contributed by atoms with van der Waals surface area (Å²) >= 11 is 0. The first-order valence-electron chi connectivity index (χ1n) is 9.63. The highest BCUT2D eigenvalue weighted by molar-refractivity contribution is 5.83. The zero-order valence-electron chi connectivity index (χ0n) is 15.0. The monoisotopic (exact) mass is 330 g/mol. The summed E-state index contributed by atoms with van der Waals surface area (Å²) in [5.41, 5.74) is 0. The van der Waals surface area contributed by atoms with E-state index in [4.69, 9.17) is 5.11 Å². The molecule has 0 aromatic rings. The van der Waals surface area contributed by atoms with Crippen molar-refractivity contribution in [3.05, 3.63) is 0 Å². The molecule has 0 rings (SSSR count). The Balaban J connectivity index is 3.26. The third-order valence-corrected chi connectivity index (χ3v) is 4.41. The van der Waals surface area contributed by atoms with Crippen LogP contribution in [0.25, 0.3) is 0 Å². The van der Waals surface area contributed by atoms with Crippen molar-refractivity contribution in [2.45, 2.75) is 109 Å². The van der Waals surface area contributed by atoms with Gasteiger partial charge in [0.1, 0.15) is 12.2 Å². The van der Waals surface area contributed by atoms with Crippen molar-refractivity contribution in [3.8, 4) is 0 Å². The van der Waals surface area contributed by atoms with E-state index < -0.39 is 18.8 Å². The highest BCUT2D eigenvalue weighted by Gasteiger charge is 2.22. The summed E-state index contributed by atoms with van der Waals surface area (Å²) in [6.07, 6.45) is 13.7. The van der Waals surface area contributed by atoms with Gasteiger partial charge in [-0.2, -0.15) is 0 Å².